The zero-order chi connectivity index (χ0) is 16.8. The molecule has 6 nitrogen and oxygen atoms in total. The highest BCUT2D eigenvalue weighted by Gasteiger charge is 2.13. The van der Waals surface area contributed by atoms with Crippen LogP contribution in [0, 0.1) is 10.1 Å². The summed E-state index contributed by atoms with van der Waals surface area (Å²) < 4.78 is 0. The number of anilines is 1. The van der Waals surface area contributed by atoms with E-state index >= 15 is 0 Å². The van der Waals surface area contributed by atoms with E-state index in [2.05, 4.69) is 10.6 Å². The fourth-order valence-electron chi connectivity index (χ4n) is 1.93. The van der Waals surface area contributed by atoms with E-state index in [9.17, 15) is 14.9 Å². The van der Waals surface area contributed by atoms with Crippen molar-refractivity contribution < 1.29 is 9.72 Å². The van der Waals surface area contributed by atoms with Crippen LogP contribution >= 0.6 is 23.2 Å². The van der Waals surface area contributed by atoms with Gasteiger partial charge in [0.25, 0.3) is 11.6 Å². The van der Waals surface area contributed by atoms with Crippen molar-refractivity contribution in [1.82, 2.24) is 5.32 Å². The number of halogens is 2. The van der Waals surface area contributed by atoms with Gasteiger partial charge in [-0.25, -0.2) is 0 Å². The van der Waals surface area contributed by atoms with Crippen LogP contribution in [0.5, 0.6) is 0 Å². The number of carbonyl (C=O) groups is 1. The van der Waals surface area contributed by atoms with E-state index in [1.54, 1.807) is 36.4 Å². The summed E-state index contributed by atoms with van der Waals surface area (Å²) in [4.78, 5) is 22.4. The lowest BCUT2D eigenvalue weighted by molar-refractivity contribution is -0.384. The van der Waals surface area contributed by atoms with Crippen molar-refractivity contribution in [2.45, 2.75) is 0 Å². The van der Waals surface area contributed by atoms with Crippen LogP contribution in [0.2, 0.25) is 10.0 Å². The number of nitrogens with one attached hydrogen (secondary N) is 2. The molecule has 0 bridgehead atoms. The molecule has 0 unspecified atom stereocenters. The molecule has 0 atom stereocenters. The summed E-state index contributed by atoms with van der Waals surface area (Å²) in [7, 11) is 0. The lowest BCUT2D eigenvalue weighted by Crippen LogP contribution is -2.29. The molecule has 120 valence electrons. The Bertz CT molecular complexity index is 738. The molecule has 2 N–H and O–H groups in total. The van der Waals surface area contributed by atoms with Crippen molar-refractivity contribution in [3.8, 4) is 0 Å². The van der Waals surface area contributed by atoms with E-state index < -0.39 is 4.92 Å². The normalized spacial score (nSPS) is 10.2. The molecule has 2 rings (SSSR count). The predicted molar refractivity (Wildman–Crippen MR) is 90.4 cm³/mol. The van der Waals surface area contributed by atoms with Crippen molar-refractivity contribution in [2.75, 3.05) is 18.4 Å². The minimum absolute atomic E-state index is 0.0169. The van der Waals surface area contributed by atoms with Crippen molar-refractivity contribution in [1.29, 1.82) is 0 Å². The fraction of sp³-hybridized carbons (Fsp3) is 0.133. The third-order valence-electron chi connectivity index (χ3n) is 3.02. The van der Waals surface area contributed by atoms with Crippen LogP contribution in [0.1, 0.15) is 10.4 Å². The summed E-state index contributed by atoms with van der Waals surface area (Å²) in [6.45, 7) is 0.600. The number of nitrogens with zero attached hydrogens (tertiary/aromatic N) is 1. The summed E-state index contributed by atoms with van der Waals surface area (Å²) in [6.07, 6.45) is 0. The molecule has 8 heteroatoms. The summed E-state index contributed by atoms with van der Waals surface area (Å²) in [5.41, 5.74) is 0.661. The molecule has 1 amide bonds. The minimum atomic E-state index is -0.466. The van der Waals surface area contributed by atoms with E-state index in [-0.39, 0.29) is 28.7 Å². The number of para-hydroxylation sites is 2. The van der Waals surface area contributed by atoms with Crippen molar-refractivity contribution >= 4 is 40.5 Å². The second kappa shape index (κ2) is 7.80. The first-order valence-electron chi connectivity index (χ1n) is 6.70. The summed E-state index contributed by atoms with van der Waals surface area (Å²) in [5.74, 6) is -0.359. The van der Waals surface area contributed by atoms with Crippen LogP contribution in [-0.4, -0.2) is 23.9 Å². The fourth-order valence-corrected chi connectivity index (χ4v) is 2.32. The Balaban J connectivity index is 1.90. The van der Waals surface area contributed by atoms with Gasteiger partial charge in [-0.05, 0) is 18.2 Å². The van der Waals surface area contributed by atoms with Gasteiger partial charge in [0.15, 0.2) is 0 Å². The topological polar surface area (TPSA) is 84.3 Å². The lowest BCUT2D eigenvalue weighted by atomic mass is 10.2. The largest absolute Gasteiger partial charge is 0.378 e. The van der Waals surface area contributed by atoms with Gasteiger partial charge in [-0.15, -0.1) is 0 Å². The van der Waals surface area contributed by atoms with Crippen LogP contribution in [0.15, 0.2) is 42.5 Å². The SMILES string of the molecule is O=C(NCCNc1ccccc1[N+](=O)[O-])c1cccc(Cl)c1Cl. The Morgan fingerprint density at radius 2 is 1.83 bits per heavy atom. The number of amides is 1. The molecule has 0 saturated carbocycles. The van der Waals surface area contributed by atoms with E-state index in [1.807, 2.05) is 0 Å². The van der Waals surface area contributed by atoms with Gasteiger partial charge >= 0.3 is 0 Å². The molecule has 23 heavy (non-hydrogen) atoms. The van der Waals surface area contributed by atoms with Crippen LogP contribution < -0.4 is 10.6 Å². The number of hydrogen-bond donors (Lipinski definition) is 2. The van der Waals surface area contributed by atoms with Gasteiger partial charge in [-0.1, -0.05) is 41.4 Å². The van der Waals surface area contributed by atoms with E-state index in [1.165, 1.54) is 6.07 Å². The van der Waals surface area contributed by atoms with Gasteiger partial charge in [0, 0.05) is 19.2 Å². The van der Waals surface area contributed by atoms with E-state index in [0.717, 1.165) is 0 Å². The molecule has 0 aliphatic carbocycles. The van der Waals surface area contributed by atoms with Gasteiger partial charge in [-0.2, -0.15) is 0 Å². The summed E-state index contributed by atoms with van der Waals surface area (Å²) in [5, 5.41) is 17.0. The third kappa shape index (κ3) is 4.34. The number of benzene rings is 2. The Morgan fingerprint density at radius 3 is 2.57 bits per heavy atom. The molecule has 2 aromatic rings. The maximum atomic E-state index is 12.0. The van der Waals surface area contributed by atoms with Crippen molar-refractivity contribution in [2.24, 2.45) is 0 Å². The second-order valence-corrected chi connectivity index (χ2v) is 5.34. The molecule has 0 heterocycles. The summed E-state index contributed by atoms with van der Waals surface area (Å²) >= 11 is 11.8. The molecule has 0 aliphatic rings. The molecule has 0 fully saturated rings. The maximum Gasteiger partial charge on any atom is 0.292 e. The number of hydrogen-bond acceptors (Lipinski definition) is 4. The monoisotopic (exact) mass is 353 g/mol. The molecule has 0 saturated heterocycles. The minimum Gasteiger partial charge on any atom is -0.378 e. The Morgan fingerprint density at radius 1 is 1.09 bits per heavy atom. The molecule has 0 radical (unpaired) electrons. The molecule has 0 aliphatic heterocycles. The van der Waals surface area contributed by atoms with E-state index in [0.29, 0.717) is 17.3 Å². The standard InChI is InChI=1S/C15H13Cl2N3O3/c16-11-5-3-4-10(14(11)17)15(21)19-9-8-18-12-6-1-2-7-13(12)20(22)23/h1-7,18H,8-9H2,(H,19,21). The van der Waals surface area contributed by atoms with Crippen LogP contribution in [0.4, 0.5) is 11.4 Å². The summed E-state index contributed by atoms with van der Waals surface area (Å²) in [6, 6.07) is 11.1. The number of rotatable bonds is 6. The number of nitro benzene ring substituents is 1. The van der Waals surface area contributed by atoms with Crippen molar-refractivity contribution in [3.63, 3.8) is 0 Å². The molecular weight excluding hydrogens is 341 g/mol. The molecule has 2 aromatic carbocycles. The highest BCUT2D eigenvalue weighted by atomic mass is 35.5. The molecular formula is C15H13Cl2N3O3. The van der Waals surface area contributed by atoms with Crippen LogP contribution in [-0.2, 0) is 0 Å². The Hall–Kier alpha value is -2.31. The van der Waals surface area contributed by atoms with E-state index in [4.69, 9.17) is 23.2 Å². The third-order valence-corrected chi connectivity index (χ3v) is 3.84. The Labute approximate surface area is 142 Å². The van der Waals surface area contributed by atoms with Gasteiger partial charge in [0.1, 0.15) is 5.69 Å². The maximum absolute atomic E-state index is 12.0. The predicted octanol–water partition coefficient (Wildman–Crippen LogP) is 3.74. The first kappa shape index (κ1) is 17.1. The van der Waals surface area contributed by atoms with Gasteiger partial charge in [-0.3, -0.25) is 14.9 Å². The van der Waals surface area contributed by atoms with Crippen LogP contribution in [0.3, 0.4) is 0 Å². The molecule has 0 aromatic heterocycles. The second-order valence-electron chi connectivity index (χ2n) is 4.56. The first-order chi connectivity index (χ1) is 11.0. The average molecular weight is 354 g/mol. The zero-order valence-corrected chi connectivity index (χ0v) is 13.4. The zero-order valence-electron chi connectivity index (χ0n) is 11.9. The first-order valence-corrected chi connectivity index (χ1v) is 7.46. The van der Waals surface area contributed by atoms with Crippen molar-refractivity contribution in [3.05, 3.63) is 68.2 Å². The lowest BCUT2D eigenvalue weighted by Gasteiger charge is -2.09. The molecule has 0 spiro atoms. The van der Waals surface area contributed by atoms with Crippen LogP contribution in [0.25, 0.3) is 0 Å². The Kier molecular flexibility index (Phi) is 5.78. The average Bonchev–Trinajstić information content (AvgIpc) is 2.54. The van der Waals surface area contributed by atoms with Gasteiger partial charge < -0.3 is 10.6 Å². The smallest absolute Gasteiger partial charge is 0.292 e. The quantitative estimate of drug-likeness (QED) is 0.470. The number of nitro groups is 1. The highest BCUT2D eigenvalue weighted by molar-refractivity contribution is 6.43. The number of carbonyl (C=O) groups excluding carboxylic acids is 1. The van der Waals surface area contributed by atoms with Gasteiger partial charge in [0.05, 0.1) is 20.5 Å². The highest BCUT2D eigenvalue weighted by Crippen LogP contribution is 2.25. The van der Waals surface area contributed by atoms with Gasteiger partial charge in [0.2, 0.25) is 0 Å².